The van der Waals surface area contributed by atoms with Crippen molar-refractivity contribution in [2.75, 3.05) is 0 Å². The van der Waals surface area contributed by atoms with Crippen molar-refractivity contribution in [3.63, 3.8) is 0 Å². The van der Waals surface area contributed by atoms with Crippen molar-refractivity contribution in [1.29, 1.82) is 0 Å². The van der Waals surface area contributed by atoms with Crippen molar-refractivity contribution in [2.24, 2.45) is 0 Å². The minimum absolute atomic E-state index is 0.0674. The molecule has 33 heavy (non-hydrogen) atoms. The second kappa shape index (κ2) is 10.3. The Morgan fingerprint density at radius 3 is 2.42 bits per heavy atom. The number of nitrogens with one attached hydrogen (secondary N) is 1. The zero-order valence-electron chi connectivity index (χ0n) is 19.4. The number of rotatable bonds is 8. The lowest BCUT2D eigenvalue weighted by molar-refractivity contribution is -0.145. The standard InChI is InChI=1S/C28H31NO2S2/c1-27(2,3)31-29-26(30)15-14-24-28(16-17-32-24,19-21-10-6-4-7-11-21)25-18-23(20-33-25)22-12-8-5-9-13-22/h4-13,16-18,20,24H,14-15,19H2,1-3H3,(H,29,30). The fourth-order valence-electron chi connectivity index (χ4n) is 4.13. The van der Waals surface area contributed by atoms with Gasteiger partial charge >= 0.3 is 0 Å². The predicted octanol–water partition coefficient (Wildman–Crippen LogP) is 7.15. The van der Waals surface area contributed by atoms with Crippen LogP contribution >= 0.6 is 23.1 Å². The number of carbonyl (C=O) groups excluding carboxylic acids is 1. The molecule has 5 heteroatoms. The minimum Gasteiger partial charge on any atom is -0.273 e. The highest BCUT2D eigenvalue weighted by atomic mass is 32.2. The molecule has 0 saturated heterocycles. The number of hydroxylamine groups is 1. The van der Waals surface area contributed by atoms with Crippen LogP contribution < -0.4 is 5.48 Å². The van der Waals surface area contributed by atoms with Gasteiger partial charge in [-0.25, -0.2) is 5.48 Å². The van der Waals surface area contributed by atoms with E-state index < -0.39 is 5.60 Å². The van der Waals surface area contributed by atoms with Gasteiger partial charge in [-0.2, -0.15) is 0 Å². The molecule has 1 aromatic heterocycles. The number of amides is 1. The van der Waals surface area contributed by atoms with Crippen molar-refractivity contribution in [2.45, 2.75) is 56.3 Å². The van der Waals surface area contributed by atoms with Gasteiger partial charge in [0.1, 0.15) is 0 Å². The van der Waals surface area contributed by atoms with Crippen LogP contribution in [0.25, 0.3) is 11.1 Å². The monoisotopic (exact) mass is 477 g/mol. The number of allylic oxidation sites excluding steroid dienone is 1. The largest absolute Gasteiger partial charge is 0.273 e. The zero-order valence-corrected chi connectivity index (χ0v) is 21.0. The van der Waals surface area contributed by atoms with Gasteiger partial charge in [-0.1, -0.05) is 66.7 Å². The van der Waals surface area contributed by atoms with E-state index in [1.54, 1.807) is 0 Å². The van der Waals surface area contributed by atoms with Crippen LogP contribution in [0.3, 0.4) is 0 Å². The smallest absolute Gasteiger partial charge is 0.243 e. The Labute approximate surface area is 205 Å². The summed E-state index contributed by atoms with van der Waals surface area (Å²) in [5.41, 5.74) is 5.88. The van der Waals surface area contributed by atoms with E-state index in [-0.39, 0.29) is 16.6 Å². The molecule has 2 atom stereocenters. The highest BCUT2D eigenvalue weighted by Crippen LogP contribution is 2.49. The molecule has 4 rings (SSSR count). The van der Waals surface area contributed by atoms with Crippen molar-refractivity contribution < 1.29 is 9.63 Å². The third kappa shape index (κ3) is 5.97. The van der Waals surface area contributed by atoms with E-state index in [0.29, 0.717) is 6.42 Å². The molecule has 2 aromatic carbocycles. The normalized spacial score (nSPS) is 20.2. The fraction of sp³-hybridized carbons (Fsp3) is 0.321. The highest BCUT2D eigenvalue weighted by Gasteiger charge is 2.43. The number of thioether (sulfide) groups is 1. The van der Waals surface area contributed by atoms with Crippen LogP contribution in [0.15, 0.2) is 83.6 Å². The van der Waals surface area contributed by atoms with Gasteiger partial charge in [0.25, 0.3) is 0 Å². The van der Waals surface area contributed by atoms with Gasteiger partial charge in [0, 0.05) is 22.0 Å². The molecule has 2 heterocycles. The number of hydrogen-bond acceptors (Lipinski definition) is 4. The first-order valence-electron chi connectivity index (χ1n) is 11.3. The van der Waals surface area contributed by atoms with E-state index >= 15 is 0 Å². The molecular formula is C28H31NO2S2. The van der Waals surface area contributed by atoms with Crippen LogP contribution in [0.5, 0.6) is 0 Å². The molecule has 1 aliphatic heterocycles. The lowest BCUT2D eigenvalue weighted by Crippen LogP contribution is -2.37. The summed E-state index contributed by atoms with van der Waals surface area (Å²) in [4.78, 5) is 19.3. The summed E-state index contributed by atoms with van der Waals surface area (Å²) < 4.78 is 0. The first-order valence-corrected chi connectivity index (χ1v) is 13.2. The summed E-state index contributed by atoms with van der Waals surface area (Å²) in [7, 11) is 0. The Morgan fingerprint density at radius 2 is 1.73 bits per heavy atom. The molecule has 172 valence electrons. The lowest BCUT2D eigenvalue weighted by Gasteiger charge is -2.34. The van der Waals surface area contributed by atoms with Gasteiger partial charge in [0.15, 0.2) is 0 Å². The van der Waals surface area contributed by atoms with Gasteiger partial charge in [-0.15, -0.1) is 23.1 Å². The molecule has 0 fully saturated rings. The van der Waals surface area contributed by atoms with E-state index in [1.807, 2.05) is 43.9 Å². The maximum absolute atomic E-state index is 12.5. The van der Waals surface area contributed by atoms with Gasteiger partial charge in [-0.3, -0.25) is 9.63 Å². The fourth-order valence-corrected chi connectivity index (χ4v) is 6.66. The minimum atomic E-state index is -0.402. The summed E-state index contributed by atoms with van der Waals surface area (Å²) in [6.07, 6.45) is 4.49. The van der Waals surface area contributed by atoms with Crippen molar-refractivity contribution in [1.82, 2.24) is 5.48 Å². The molecule has 0 saturated carbocycles. The Bertz CT molecular complexity index is 1090. The molecule has 3 aromatic rings. The average molecular weight is 478 g/mol. The Hall–Kier alpha value is -2.34. The van der Waals surface area contributed by atoms with Crippen LogP contribution in [0.1, 0.15) is 44.1 Å². The average Bonchev–Trinajstić information content (AvgIpc) is 3.45. The van der Waals surface area contributed by atoms with Gasteiger partial charge in [-0.05, 0) is 67.2 Å². The molecule has 1 amide bonds. The summed E-state index contributed by atoms with van der Waals surface area (Å²) in [5, 5.41) is 4.76. The van der Waals surface area contributed by atoms with Crippen LogP contribution in [0.4, 0.5) is 0 Å². The Kier molecular flexibility index (Phi) is 7.42. The number of benzene rings is 2. The van der Waals surface area contributed by atoms with Crippen molar-refractivity contribution in [3.8, 4) is 11.1 Å². The first-order chi connectivity index (χ1) is 15.9. The summed E-state index contributed by atoms with van der Waals surface area (Å²) in [6, 6.07) is 23.5. The second-order valence-electron chi connectivity index (χ2n) is 9.47. The zero-order chi connectivity index (χ0) is 23.3. The van der Waals surface area contributed by atoms with Crippen LogP contribution in [0, 0.1) is 0 Å². The van der Waals surface area contributed by atoms with E-state index in [9.17, 15) is 4.79 Å². The topological polar surface area (TPSA) is 38.3 Å². The highest BCUT2D eigenvalue weighted by molar-refractivity contribution is 8.03. The third-order valence-electron chi connectivity index (χ3n) is 5.79. The molecule has 0 radical (unpaired) electrons. The SMILES string of the molecule is CC(C)(C)ONC(=O)CCC1SC=CC1(Cc1ccccc1)c1cc(-c2ccccc2)cs1. The van der Waals surface area contributed by atoms with Crippen LogP contribution in [-0.2, 0) is 21.5 Å². The van der Waals surface area contributed by atoms with E-state index in [1.165, 1.54) is 21.6 Å². The summed E-state index contributed by atoms with van der Waals surface area (Å²) in [6.45, 7) is 5.78. The lowest BCUT2D eigenvalue weighted by atomic mass is 9.75. The molecule has 3 nitrogen and oxygen atoms in total. The van der Waals surface area contributed by atoms with Crippen LogP contribution in [-0.4, -0.2) is 16.8 Å². The van der Waals surface area contributed by atoms with Gasteiger partial charge in [0.2, 0.25) is 5.91 Å². The van der Waals surface area contributed by atoms with Gasteiger partial charge in [0.05, 0.1) is 5.60 Å². The molecule has 2 unspecified atom stereocenters. The number of hydrogen-bond donors (Lipinski definition) is 1. The van der Waals surface area contributed by atoms with E-state index in [2.05, 4.69) is 89.1 Å². The first kappa shape index (κ1) is 23.8. The Morgan fingerprint density at radius 1 is 1.03 bits per heavy atom. The number of carbonyl (C=O) groups is 1. The van der Waals surface area contributed by atoms with E-state index in [0.717, 1.165) is 12.8 Å². The van der Waals surface area contributed by atoms with Crippen molar-refractivity contribution >= 4 is 29.0 Å². The second-order valence-corrected chi connectivity index (χ2v) is 11.5. The summed E-state index contributed by atoms with van der Waals surface area (Å²) >= 11 is 3.66. The molecule has 0 aliphatic carbocycles. The molecule has 0 bridgehead atoms. The van der Waals surface area contributed by atoms with Crippen LogP contribution in [0.2, 0.25) is 0 Å². The maximum atomic E-state index is 12.5. The molecule has 0 spiro atoms. The van der Waals surface area contributed by atoms with Crippen molar-refractivity contribution in [3.05, 3.63) is 94.0 Å². The van der Waals surface area contributed by atoms with Gasteiger partial charge < -0.3 is 0 Å². The Balaban J connectivity index is 1.58. The molecular weight excluding hydrogens is 446 g/mol. The number of thiophene rings is 1. The maximum Gasteiger partial charge on any atom is 0.243 e. The quantitative estimate of drug-likeness (QED) is 0.350. The summed E-state index contributed by atoms with van der Waals surface area (Å²) in [5.74, 6) is -0.0674. The van der Waals surface area contributed by atoms with E-state index in [4.69, 9.17) is 4.84 Å². The predicted molar refractivity (Wildman–Crippen MR) is 140 cm³/mol. The molecule has 1 N–H and O–H groups in total. The third-order valence-corrected chi connectivity index (χ3v) is 8.19. The molecule has 1 aliphatic rings.